The van der Waals surface area contributed by atoms with Crippen LogP contribution in [0.3, 0.4) is 0 Å². The zero-order valence-corrected chi connectivity index (χ0v) is 15.6. The van der Waals surface area contributed by atoms with E-state index >= 15 is 0 Å². The zero-order valence-electron chi connectivity index (χ0n) is 14.8. The van der Waals surface area contributed by atoms with E-state index in [0.717, 1.165) is 0 Å². The lowest BCUT2D eigenvalue weighted by Gasteiger charge is -2.12. The summed E-state index contributed by atoms with van der Waals surface area (Å²) in [6.45, 7) is 2.20. The van der Waals surface area contributed by atoms with Crippen LogP contribution >= 0.6 is 0 Å². The number of benzene rings is 1. The lowest BCUT2D eigenvalue weighted by Crippen LogP contribution is -2.38. The topological polar surface area (TPSA) is 108 Å². The van der Waals surface area contributed by atoms with Crippen LogP contribution in [0.2, 0.25) is 0 Å². The Labute approximate surface area is 152 Å². The van der Waals surface area contributed by atoms with Crippen LogP contribution < -0.4 is 10.1 Å². The quantitative estimate of drug-likeness (QED) is 0.656. The minimum absolute atomic E-state index is 0.0617. The Kier molecular flexibility index (Phi) is 6.98. The summed E-state index contributed by atoms with van der Waals surface area (Å²) < 4.78 is 38.3. The monoisotopic (exact) mass is 385 g/mol. The summed E-state index contributed by atoms with van der Waals surface area (Å²) >= 11 is 0. The summed E-state index contributed by atoms with van der Waals surface area (Å²) in [4.78, 5) is 24.0. The average molecular weight is 385 g/mol. The third kappa shape index (κ3) is 5.70. The van der Waals surface area contributed by atoms with Crippen LogP contribution in [0, 0.1) is 0 Å². The fraction of sp³-hybridized carbons (Fsp3) is 0.529. The van der Waals surface area contributed by atoms with E-state index in [9.17, 15) is 18.0 Å². The fourth-order valence-electron chi connectivity index (χ4n) is 2.62. The molecule has 1 atom stereocenters. The first-order valence-electron chi connectivity index (χ1n) is 8.26. The number of carbonyl (C=O) groups excluding carboxylic acids is 2. The maximum absolute atomic E-state index is 12.1. The first-order valence-corrected chi connectivity index (χ1v) is 10.1. The van der Waals surface area contributed by atoms with Gasteiger partial charge in [-0.1, -0.05) is 0 Å². The SMILES string of the molecule is CCOCc1cc(C(=O)OCC(=O)N[C@@H]2CCS(=O)(=O)C2)ccc1OC. The Morgan fingerprint density at radius 2 is 2.08 bits per heavy atom. The van der Waals surface area contributed by atoms with Crippen LogP contribution in [0.25, 0.3) is 0 Å². The lowest BCUT2D eigenvalue weighted by atomic mass is 10.1. The van der Waals surface area contributed by atoms with Gasteiger partial charge in [0, 0.05) is 18.2 Å². The molecule has 1 N–H and O–H groups in total. The van der Waals surface area contributed by atoms with Crippen molar-refractivity contribution in [1.29, 1.82) is 0 Å². The van der Waals surface area contributed by atoms with Gasteiger partial charge in [-0.2, -0.15) is 0 Å². The second-order valence-electron chi connectivity index (χ2n) is 5.91. The molecule has 1 heterocycles. The normalized spacial score (nSPS) is 18.3. The third-order valence-corrected chi connectivity index (χ3v) is 5.68. The summed E-state index contributed by atoms with van der Waals surface area (Å²) in [7, 11) is -1.56. The molecule has 1 fully saturated rings. The van der Waals surface area contributed by atoms with Gasteiger partial charge in [-0.3, -0.25) is 4.79 Å². The Morgan fingerprint density at radius 1 is 1.31 bits per heavy atom. The standard InChI is InChI=1S/C17H23NO7S/c1-3-24-9-13-8-12(4-5-15(13)23-2)17(20)25-10-16(19)18-14-6-7-26(21,22)11-14/h4-5,8,14H,3,6-7,9-11H2,1-2H3,(H,18,19)/t14-/m1/s1. The van der Waals surface area contributed by atoms with Crippen molar-refractivity contribution in [2.24, 2.45) is 0 Å². The smallest absolute Gasteiger partial charge is 0.338 e. The predicted molar refractivity (Wildman–Crippen MR) is 93.8 cm³/mol. The molecule has 0 radical (unpaired) electrons. The summed E-state index contributed by atoms with van der Waals surface area (Å²) in [5.74, 6) is -0.601. The maximum atomic E-state index is 12.1. The number of nitrogens with one attached hydrogen (secondary N) is 1. The Hall–Kier alpha value is -2.13. The lowest BCUT2D eigenvalue weighted by molar-refractivity contribution is -0.124. The van der Waals surface area contributed by atoms with Crippen LogP contribution in [0.1, 0.15) is 29.3 Å². The van der Waals surface area contributed by atoms with Crippen molar-refractivity contribution in [2.75, 3.05) is 31.8 Å². The molecule has 8 nitrogen and oxygen atoms in total. The molecule has 9 heteroatoms. The second kappa shape index (κ2) is 9.00. The summed E-state index contributed by atoms with van der Waals surface area (Å²) in [6.07, 6.45) is 0.376. The Bertz CT molecular complexity index is 760. The molecule has 1 aliphatic heterocycles. The molecule has 1 aromatic carbocycles. The van der Waals surface area contributed by atoms with Crippen molar-refractivity contribution in [3.63, 3.8) is 0 Å². The van der Waals surface area contributed by atoms with Gasteiger partial charge in [-0.05, 0) is 31.5 Å². The van der Waals surface area contributed by atoms with Crippen molar-refractivity contribution in [3.05, 3.63) is 29.3 Å². The van der Waals surface area contributed by atoms with Crippen LogP contribution in [-0.2, 0) is 30.7 Å². The molecule has 0 saturated carbocycles. The van der Waals surface area contributed by atoms with Crippen LogP contribution in [0.15, 0.2) is 18.2 Å². The molecule has 1 saturated heterocycles. The number of rotatable bonds is 8. The highest BCUT2D eigenvalue weighted by atomic mass is 32.2. The van der Waals surface area contributed by atoms with Gasteiger partial charge >= 0.3 is 5.97 Å². The predicted octanol–water partition coefficient (Wildman–Crippen LogP) is 0.692. The highest BCUT2D eigenvalue weighted by Gasteiger charge is 2.29. The highest BCUT2D eigenvalue weighted by molar-refractivity contribution is 7.91. The first kappa shape index (κ1) is 20.2. The van der Waals surface area contributed by atoms with Crippen molar-refractivity contribution in [3.8, 4) is 5.75 Å². The van der Waals surface area contributed by atoms with Gasteiger partial charge in [0.1, 0.15) is 5.75 Å². The zero-order chi connectivity index (χ0) is 19.2. The van der Waals surface area contributed by atoms with Gasteiger partial charge in [-0.15, -0.1) is 0 Å². The van der Waals surface area contributed by atoms with Gasteiger partial charge in [-0.25, -0.2) is 13.2 Å². The number of hydrogen-bond donors (Lipinski definition) is 1. The summed E-state index contributed by atoms with van der Waals surface area (Å²) in [5, 5.41) is 2.56. The molecule has 0 unspecified atom stereocenters. The van der Waals surface area contributed by atoms with Gasteiger partial charge in [0.15, 0.2) is 16.4 Å². The first-order chi connectivity index (χ1) is 12.3. The van der Waals surface area contributed by atoms with Gasteiger partial charge in [0.05, 0.1) is 30.8 Å². The van der Waals surface area contributed by atoms with E-state index in [1.54, 1.807) is 12.1 Å². The highest BCUT2D eigenvalue weighted by Crippen LogP contribution is 2.21. The number of methoxy groups -OCH3 is 1. The Morgan fingerprint density at radius 3 is 2.69 bits per heavy atom. The molecular weight excluding hydrogens is 362 g/mol. The van der Waals surface area contributed by atoms with Crippen LogP contribution in [0.5, 0.6) is 5.75 Å². The van der Waals surface area contributed by atoms with Crippen molar-refractivity contribution in [1.82, 2.24) is 5.32 Å². The van der Waals surface area contributed by atoms with Gasteiger partial charge < -0.3 is 19.5 Å². The molecule has 0 bridgehead atoms. The number of esters is 1. The number of carbonyl (C=O) groups is 2. The molecule has 26 heavy (non-hydrogen) atoms. The second-order valence-corrected chi connectivity index (χ2v) is 8.14. The summed E-state index contributed by atoms with van der Waals surface area (Å²) in [6, 6.07) is 4.34. The van der Waals surface area contributed by atoms with E-state index in [0.29, 0.717) is 24.3 Å². The van der Waals surface area contributed by atoms with Crippen molar-refractivity contribution < 1.29 is 32.2 Å². The minimum atomic E-state index is -3.08. The molecule has 2 rings (SSSR count). The fourth-order valence-corrected chi connectivity index (χ4v) is 4.30. The van der Waals surface area contributed by atoms with Gasteiger partial charge in [0.2, 0.25) is 0 Å². The average Bonchev–Trinajstić information content (AvgIpc) is 2.95. The molecule has 1 aromatic rings. The van der Waals surface area contributed by atoms with E-state index in [2.05, 4.69) is 5.32 Å². The number of amides is 1. The van der Waals surface area contributed by atoms with Crippen LogP contribution in [0.4, 0.5) is 0 Å². The summed E-state index contributed by atoms with van der Waals surface area (Å²) in [5.41, 5.74) is 0.973. The number of ether oxygens (including phenoxy) is 3. The molecule has 0 spiro atoms. The van der Waals surface area contributed by atoms with Crippen molar-refractivity contribution >= 4 is 21.7 Å². The number of hydrogen-bond acceptors (Lipinski definition) is 7. The largest absolute Gasteiger partial charge is 0.496 e. The maximum Gasteiger partial charge on any atom is 0.338 e. The van der Waals surface area contributed by atoms with Gasteiger partial charge in [0.25, 0.3) is 5.91 Å². The molecule has 1 aliphatic rings. The van der Waals surface area contributed by atoms with E-state index < -0.39 is 34.4 Å². The third-order valence-electron chi connectivity index (χ3n) is 3.91. The minimum Gasteiger partial charge on any atom is -0.496 e. The molecule has 0 aromatic heterocycles. The molecule has 144 valence electrons. The van der Waals surface area contributed by atoms with E-state index in [1.807, 2.05) is 6.92 Å². The van der Waals surface area contributed by atoms with E-state index in [1.165, 1.54) is 13.2 Å². The number of sulfone groups is 1. The van der Waals surface area contributed by atoms with Crippen molar-refractivity contribution in [2.45, 2.75) is 26.0 Å². The van der Waals surface area contributed by atoms with E-state index in [4.69, 9.17) is 14.2 Å². The van der Waals surface area contributed by atoms with Crippen LogP contribution in [-0.4, -0.2) is 58.2 Å². The Balaban J connectivity index is 1.89. The van der Waals surface area contributed by atoms with E-state index in [-0.39, 0.29) is 23.7 Å². The molecular formula is C17H23NO7S. The molecule has 1 amide bonds. The molecule has 0 aliphatic carbocycles.